The summed E-state index contributed by atoms with van der Waals surface area (Å²) < 4.78 is 0. The molecular weight excluding hydrogens is 126 g/mol. The molecule has 0 radical (unpaired) electrons. The van der Waals surface area contributed by atoms with Crippen molar-refractivity contribution in [2.45, 2.75) is 31.7 Å². The van der Waals surface area contributed by atoms with Gasteiger partial charge in [0.15, 0.2) is 0 Å². The summed E-state index contributed by atoms with van der Waals surface area (Å²) in [5, 5.41) is 0. The minimum Gasteiger partial charge on any atom is -0.316 e. The first-order chi connectivity index (χ1) is 4.88. The molecule has 0 bridgehead atoms. The maximum Gasteiger partial charge on any atom is 0.226 e. The van der Waals surface area contributed by atoms with Crippen molar-refractivity contribution in [2.24, 2.45) is 0 Å². The zero-order valence-corrected chi connectivity index (χ0v) is 5.92. The van der Waals surface area contributed by atoms with Gasteiger partial charge in [-0.1, -0.05) is 6.08 Å². The Morgan fingerprint density at radius 1 is 1.50 bits per heavy atom. The van der Waals surface area contributed by atoms with Gasteiger partial charge >= 0.3 is 0 Å². The van der Waals surface area contributed by atoms with Crippen LogP contribution in [0.15, 0.2) is 12.3 Å². The number of fused-ring (bicyclic) bond motifs is 1. The summed E-state index contributed by atoms with van der Waals surface area (Å²) in [6.45, 7) is 0. The summed E-state index contributed by atoms with van der Waals surface area (Å²) in [5.41, 5.74) is 0. The van der Waals surface area contributed by atoms with Crippen molar-refractivity contribution in [1.82, 2.24) is 4.90 Å². The molecule has 0 N–H and O–H groups in total. The van der Waals surface area contributed by atoms with Crippen LogP contribution in [-0.4, -0.2) is 16.8 Å². The number of hydrogen-bond acceptors (Lipinski definition) is 1. The lowest BCUT2D eigenvalue weighted by Crippen LogP contribution is -2.29. The standard InChI is InChI=1S/C8H11NO/c10-8-5-4-7-3-1-2-6-9(7)8/h2,6-7H,1,3-5H2/t7-/m1/s1. The fraction of sp³-hybridized carbons (Fsp3) is 0.625. The Hall–Kier alpha value is -0.790. The molecule has 0 aliphatic carbocycles. The van der Waals surface area contributed by atoms with Gasteiger partial charge in [0.2, 0.25) is 5.91 Å². The van der Waals surface area contributed by atoms with E-state index in [-0.39, 0.29) is 0 Å². The molecule has 0 aromatic rings. The fourth-order valence-electron chi connectivity index (χ4n) is 1.73. The highest BCUT2D eigenvalue weighted by Crippen LogP contribution is 2.25. The van der Waals surface area contributed by atoms with Crippen molar-refractivity contribution in [3.8, 4) is 0 Å². The summed E-state index contributed by atoms with van der Waals surface area (Å²) in [6.07, 6.45) is 8.18. The Bertz CT molecular complexity index is 184. The first-order valence-electron chi connectivity index (χ1n) is 3.86. The van der Waals surface area contributed by atoms with Gasteiger partial charge in [0.25, 0.3) is 0 Å². The molecule has 2 aliphatic heterocycles. The van der Waals surface area contributed by atoms with Crippen LogP contribution in [0.4, 0.5) is 0 Å². The second-order valence-electron chi connectivity index (χ2n) is 2.96. The molecule has 0 aromatic carbocycles. The molecule has 2 heterocycles. The third-order valence-corrected chi connectivity index (χ3v) is 2.31. The van der Waals surface area contributed by atoms with Gasteiger partial charge in [-0.3, -0.25) is 4.79 Å². The third-order valence-electron chi connectivity index (χ3n) is 2.31. The van der Waals surface area contributed by atoms with E-state index in [1.165, 1.54) is 6.42 Å². The number of amides is 1. The van der Waals surface area contributed by atoms with Crippen molar-refractivity contribution >= 4 is 5.91 Å². The predicted octanol–water partition coefficient (Wildman–Crippen LogP) is 1.28. The summed E-state index contributed by atoms with van der Waals surface area (Å²) in [5.74, 6) is 0.306. The lowest BCUT2D eigenvalue weighted by atomic mass is 10.1. The van der Waals surface area contributed by atoms with Crippen molar-refractivity contribution in [3.05, 3.63) is 12.3 Å². The van der Waals surface area contributed by atoms with E-state index in [1.54, 1.807) is 0 Å². The first-order valence-corrected chi connectivity index (χ1v) is 3.86. The normalized spacial score (nSPS) is 31.0. The minimum absolute atomic E-state index is 0.306. The van der Waals surface area contributed by atoms with Crippen LogP contribution < -0.4 is 0 Å². The minimum atomic E-state index is 0.306. The third kappa shape index (κ3) is 0.753. The van der Waals surface area contributed by atoms with E-state index in [4.69, 9.17) is 0 Å². The van der Waals surface area contributed by atoms with Gasteiger partial charge in [-0.25, -0.2) is 0 Å². The molecule has 2 rings (SSSR count). The second kappa shape index (κ2) is 2.11. The Kier molecular flexibility index (Phi) is 1.26. The average Bonchev–Trinajstić information content (AvgIpc) is 2.34. The number of carbonyl (C=O) groups excluding carboxylic acids is 1. The van der Waals surface area contributed by atoms with Crippen LogP contribution in [0.5, 0.6) is 0 Å². The Balaban J connectivity index is 2.21. The molecule has 1 atom stereocenters. The highest BCUT2D eigenvalue weighted by molar-refractivity contribution is 5.79. The predicted molar refractivity (Wildman–Crippen MR) is 38.2 cm³/mol. The van der Waals surface area contributed by atoms with Gasteiger partial charge in [-0.2, -0.15) is 0 Å². The van der Waals surface area contributed by atoms with E-state index in [1.807, 2.05) is 11.1 Å². The van der Waals surface area contributed by atoms with Crippen LogP contribution in [0.25, 0.3) is 0 Å². The Labute approximate surface area is 60.5 Å². The van der Waals surface area contributed by atoms with E-state index in [2.05, 4.69) is 6.08 Å². The highest BCUT2D eigenvalue weighted by Gasteiger charge is 2.29. The van der Waals surface area contributed by atoms with Crippen LogP contribution in [0.1, 0.15) is 25.7 Å². The molecule has 2 nitrogen and oxygen atoms in total. The van der Waals surface area contributed by atoms with E-state index in [0.717, 1.165) is 19.3 Å². The van der Waals surface area contributed by atoms with Gasteiger partial charge in [0, 0.05) is 18.7 Å². The van der Waals surface area contributed by atoms with E-state index in [9.17, 15) is 4.79 Å². The molecule has 2 aliphatic rings. The van der Waals surface area contributed by atoms with Gasteiger partial charge in [0.05, 0.1) is 0 Å². The molecule has 1 saturated heterocycles. The van der Waals surface area contributed by atoms with Crippen LogP contribution in [0, 0.1) is 0 Å². The summed E-state index contributed by atoms with van der Waals surface area (Å²) in [4.78, 5) is 13.0. The maximum atomic E-state index is 11.1. The number of hydrogen-bond donors (Lipinski definition) is 0. The summed E-state index contributed by atoms with van der Waals surface area (Å²) >= 11 is 0. The average molecular weight is 137 g/mol. The molecule has 1 fully saturated rings. The van der Waals surface area contributed by atoms with Crippen LogP contribution in [0.3, 0.4) is 0 Å². The monoisotopic (exact) mass is 137 g/mol. The highest BCUT2D eigenvalue weighted by atomic mass is 16.2. The zero-order valence-electron chi connectivity index (χ0n) is 5.92. The lowest BCUT2D eigenvalue weighted by molar-refractivity contribution is -0.126. The van der Waals surface area contributed by atoms with Crippen molar-refractivity contribution in [3.63, 3.8) is 0 Å². The SMILES string of the molecule is O=C1CC[C@H]2CCC=CN12. The Morgan fingerprint density at radius 3 is 3.20 bits per heavy atom. The first kappa shape index (κ1) is 5.96. The number of rotatable bonds is 0. The van der Waals surface area contributed by atoms with Crippen molar-refractivity contribution < 1.29 is 4.79 Å². The quantitative estimate of drug-likeness (QED) is 0.492. The number of allylic oxidation sites excluding steroid dienone is 1. The lowest BCUT2D eigenvalue weighted by Gasteiger charge is -2.23. The van der Waals surface area contributed by atoms with Crippen molar-refractivity contribution in [2.75, 3.05) is 0 Å². The van der Waals surface area contributed by atoms with Crippen molar-refractivity contribution in [1.29, 1.82) is 0 Å². The topological polar surface area (TPSA) is 20.3 Å². The molecule has 0 saturated carbocycles. The molecular formula is C8H11NO. The molecule has 2 heteroatoms. The number of nitrogens with zero attached hydrogens (tertiary/aromatic N) is 1. The van der Waals surface area contributed by atoms with Gasteiger partial charge in [-0.05, 0) is 19.3 Å². The van der Waals surface area contributed by atoms with Gasteiger partial charge in [-0.15, -0.1) is 0 Å². The molecule has 0 aromatic heterocycles. The number of carbonyl (C=O) groups is 1. The van der Waals surface area contributed by atoms with Crippen LogP contribution in [0.2, 0.25) is 0 Å². The summed E-state index contributed by atoms with van der Waals surface area (Å²) in [7, 11) is 0. The van der Waals surface area contributed by atoms with Crippen LogP contribution >= 0.6 is 0 Å². The molecule has 0 spiro atoms. The molecule has 10 heavy (non-hydrogen) atoms. The molecule has 1 amide bonds. The second-order valence-corrected chi connectivity index (χ2v) is 2.96. The molecule has 0 unspecified atom stereocenters. The smallest absolute Gasteiger partial charge is 0.226 e. The van der Waals surface area contributed by atoms with E-state index >= 15 is 0 Å². The Morgan fingerprint density at radius 2 is 2.40 bits per heavy atom. The summed E-state index contributed by atoms with van der Waals surface area (Å²) in [6, 6.07) is 0.539. The van der Waals surface area contributed by atoms with E-state index < -0.39 is 0 Å². The largest absolute Gasteiger partial charge is 0.316 e. The fourth-order valence-corrected chi connectivity index (χ4v) is 1.73. The zero-order chi connectivity index (χ0) is 6.97. The van der Waals surface area contributed by atoms with Gasteiger partial charge in [0.1, 0.15) is 0 Å². The molecule has 54 valence electrons. The van der Waals surface area contributed by atoms with Crippen LogP contribution in [-0.2, 0) is 4.79 Å². The van der Waals surface area contributed by atoms with E-state index in [0.29, 0.717) is 11.9 Å². The van der Waals surface area contributed by atoms with Gasteiger partial charge < -0.3 is 4.90 Å². The maximum absolute atomic E-state index is 11.1.